The molecule has 0 fully saturated rings. The zero-order valence-electron chi connectivity index (χ0n) is 14.6. The summed E-state index contributed by atoms with van der Waals surface area (Å²) in [5.41, 5.74) is 1.15. The minimum absolute atomic E-state index is 0.0210. The number of anilines is 1. The van der Waals surface area contributed by atoms with Crippen LogP contribution in [0.5, 0.6) is 11.5 Å². The highest BCUT2D eigenvalue weighted by Crippen LogP contribution is 2.34. The Morgan fingerprint density at radius 1 is 1.19 bits per heavy atom. The van der Waals surface area contributed by atoms with Crippen molar-refractivity contribution in [3.63, 3.8) is 0 Å². The number of rotatable bonds is 8. The summed E-state index contributed by atoms with van der Waals surface area (Å²) >= 11 is 0. The number of pyridine rings is 1. The summed E-state index contributed by atoms with van der Waals surface area (Å²) < 4.78 is 38.5. The molecule has 0 amide bonds. The van der Waals surface area contributed by atoms with Crippen LogP contribution in [0.4, 0.5) is 5.82 Å². The van der Waals surface area contributed by atoms with Gasteiger partial charge in [0.15, 0.2) is 11.5 Å². The molecule has 9 heteroatoms. The standard InChI is InChI=1S/C17H20N2O6S/c1-11-6-7-18-16(8-11)19-26(22,23)15-10-14(25-3)13(24-2)9-12(15)4-5-17(20)21/h6-10H,4-5H2,1-3H3,(H,18,19)(H,20,21). The van der Waals surface area contributed by atoms with Crippen molar-refractivity contribution in [3.05, 3.63) is 41.6 Å². The van der Waals surface area contributed by atoms with E-state index in [1.165, 1.54) is 32.5 Å². The smallest absolute Gasteiger partial charge is 0.303 e. The quantitative estimate of drug-likeness (QED) is 0.721. The second-order valence-electron chi connectivity index (χ2n) is 5.53. The molecule has 2 aromatic rings. The van der Waals surface area contributed by atoms with Crippen molar-refractivity contribution >= 4 is 21.8 Å². The number of nitrogens with zero attached hydrogens (tertiary/aromatic N) is 1. The minimum atomic E-state index is -4.01. The number of nitrogens with one attached hydrogen (secondary N) is 1. The van der Waals surface area contributed by atoms with E-state index in [4.69, 9.17) is 14.6 Å². The topological polar surface area (TPSA) is 115 Å². The first-order chi connectivity index (χ1) is 12.3. The second-order valence-corrected chi connectivity index (χ2v) is 7.18. The number of sulfonamides is 1. The number of ether oxygens (including phenoxy) is 2. The number of carboxylic acids is 1. The van der Waals surface area contributed by atoms with Gasteiger partial charge in [-0.3, -0.25) is 9.52 Å². The summed E-state index contributed by atoms with van der Waals surface area (Å²) in [5, 5.41) is 8.93. The molecule has 0 atom stereocenters. The number of carbonyl (C=O) groups is 1. The van der Waals surface area contributed by atoms with Crippen molar-refractivity contribution < 1.29 is 27.8 Å². The maximum atomic E-state index is 12.9. The molecule has 0 saturated heterocycles. The van der Waals surface area contributed by atoms with E-state index in [1.54, 1.807) is 12.1 Å². The van der Waals surface area contributed by atoms with Crippen molar-refractivity contribution in [3.8, 4) is 11.5 Å². The third kappa shape index (κ3) is 4.63. The molecule has 0 aliphatic heterocycles. The molecule has 26 heavy (non-hydrogen) atoms. The number of methoxy groups -OCH3 is 2. The molecule has 2 rings (SSSR count). The molecule has 0 unspecified atom stereocenters. The van der Waals surface area contributed by atoms with Crippen LogP contribution in [0.15, 0.2) is 35.4 Å². The molecule has 1 aromatic heterocycles. The molecule has 1 aromatic carbocycles. The predicted molar refractivity (Wildman–Crippen MR) is 95.3 cm³/mol. The average molecular weight is 380 g/mol. The van der Waals surface area contributed by atoms with Gasteiger partial charge in [0, 0.05) is 18.7 Å². The normalized spacial score (nSPS) is 11.0. The number of hydrogen-bond acceptors (Lipinski definition) is 6. The van der Waals surface area contributed by atoms with E-state index in [2.05, 4.69) is 9.71 Å². The molecular weight excluding hydrogens is 360 g/mol. The Hall–Kier alpha value is -2.81. The third-order valence-electron chi connectivity index (χ3n) is 3.62. The molecule has 0 saturated carbocycles. The molecule has 1 heterocycles. The number of aromatic nitrogens is 1. The van der Waals surface area contributed by atoms with E-state index in [0.29, 0.717) is 11.3 Å². The summed E-state index contributed by atoms with van der Waals surface area (Å²) in [4.78, 5) is 14.8. The number of hydrogen-bond donors (Lipinski definition) is 2. The number of carboxylic acid groups (broad SMARTS) is 1. The maximum Gasteiger partial charge on any atom is 0.303 e. The summed E-state index contributed by atoms with van der Waals surface area (Å²) in [7, 11) is -1.20. The molecule has 8 nitrogen and oxygen atoms in total. The molecular formula is C17H20N2O6S. The van der Waals surface area contributed by atoms with Crippen LogP contribution in [0, 0.1) is 6.92 Å². The molecule has 0 spiro atoms. The van der Waals surface area contributed by atoms with Crippen LogP contribution in [0.2, 0.25) is 0 Å². The minimum Gasteiger partial charge on any atom is -0.493 e. The van der Waals surface area contributed by atoms with Crippen LogP contribution in [-0.4, -0.2) is 38.7 Å². The van der Waals surface area contributed by atoms with Gasteiger partial charge in [0.1, 0.15) is 5.82 Å². The lowest BCUT2D eigenvalue weighted by molar-refractivity contribution is -0.136. The highest BCUT2D eigenvalue weighted by molar-refractivity contribution is 7.92. The zero-order chi connectivity index (χ0) is 19.3. The lowest BCUT2D eigenvalue weighted by Gasteiger charge is -2.15. The lowest BCUT2D eigenvalue weighted by atomic mass is 10.1. The Bertz CT molecular complexity index is 911. The highest BCUT2D eigenvalue weighted by atomic mass is 32.2. The first-order valence-electron chi connectivity index (χ1n) is 7.69. The van der Waals surface area contributed by atoms with Crippen LogP contribution in [0.3, 0.4) is 0 Å². The summed E-state index contributed by atoms with van der Waals surface area (Å²) in [5.74, 6) is -0.315. The molecule has 2 N–H and O–H groups in total. The Kier molecular flexibility index (Phi) is 6.04. The van der Waals surface area contributed by atoms with Gasteiger partial charge in [0.25, 0.3) is 10.0 Å². The maximum absolute atomic E-state index is 12.9. The van der Waals surface area contributed by atoms with Gasteiger partial charge in [0.05, 0.1) is 19.1 Å². The third-order valence-corrected chi connectivity index (χ3v) is 5.06. The Labute approximate surface area is 151 Å². The van der Waals surface area contributed by atoms with Crippen molar-refractivity contribution in [2.24, 2.45) is 0 Å². The summed E-state index contributed by atoms with van der Waals surface area (Å²) in [6, 6.07) is 6.12. The first-order valence-corrected chi connectivity index (χ1v) is 9.17. The van der Waals surface area contributed by atoms with E-state index in [-0.39, 0.29) is 29.3 Å². The van der Waals surface area contributed by atoms with E-state index < -0.39 is 16.0 Å². The Morgan fingerprint density at radius 2 is 1.85 bits per heavy atom. The van der Waals surface area contributed by atoms with Crippen molar-refractivity contribution in [2.75, 3.05) is 18.9 Å². The molecule has 0 bridgehead atoms. The van der Waals surface area contributed by atoms with Gasteiger partial charge in [-0.15, -0.1) is 0 Å². The van der Waals surface area contributed by atoms with Crippen molar-refractivity contribution in [1.82, 2.24) is 4.98 Å². The van der Waals surface area contributed by atoms with Crippen LogP contribution in [0.1, 0.15) is 17.5 Å². The van der Waals surface area contributed by atoms with Crippen LogP contribution in [-0.2, 0) is 21.2 Å². The van der Waals surface area contributed by atoms with Gasteiger partial charge < -0.3 is 14.6 Å². The molecule has 0 aliphatic carbocycles. The van der Waals surface area contributed by atoms with Crippen molar-refractivity contribution in [1.29, 1.82) is 0 Å². The van der Waals surface area contributed by atoms with E-state index >= 15 is 0 Å². The number of aliphatic carboxylic acids is 1. The van der Waals surface area contributed by atoms with Gasteiger partial charge in [-0.2, -0.15) is 0 Å². The largest absolute Gasteiger partial charge is 0.493 e. The van der Waals surface area contributed by atoms with Gasteiger partial charge in [-0.05, 0) is 42.7 Å². The fraction of sp³-hybridized carbons (Fsp3) is 0.294. The second kappa shape index (κ2) is 8.05. The summed E-state index contributed by atoms with van der Waals surface area (Å²) in [6.45, 7) is 1.81. The van der Waals surface area contributed by atoms with E-state index in [9.17, 15) is 13.2 Å². The highest BCUT2D eigenvalue weighted by Gasteiger charge is 2.23. The zero-order valence-corrected chi connectivity index (χ0v) is 15.5. The average Bonchev–Trinajstić information content (AvgIpc) is 2.58. The van der Waals surface area contributed by atoms with Crippen LogP contribution < -0.4 is 14.2 Å². The van der Waals surface area contributed by atoms with E-state index in [1.807, 2.05) is 6.92 Å². The molecule has 140 valence electrons. The monoisotopic (exact) mass is 380 g/mol. The Balaban J connectivity index is 2.51. The first kappa shape index (κ1) is 19.5. The van der Waals surface area contributed by atoms with Crippen LogP contribution >= 0.6 is 0 Å². The van der Waals surface area contributed by atoms with E-state index in [0.717, 1.165) is 5.56 Å². The van der Waals surface area contributed by atoms with Gasteiger partial charge in [0.2, 0.25) is 0 Å². The predicted octanol–water partition coefficient (Wildman–Crippen LogP) is 2.23. The van der Waals surface area contributed by atoms with Gasteiger partial charge in [-0.25, -0.2) is 13.4 Å². The molecule has 0 radical (unpaired) electrons. The fourth-order valence-corrected chi connectivity index (χ4v) is 3.64. The molecule has 0 aliphatic rings. The van der Waals surface area contributed by atoms with Crippen LogP contribution in [0.25, 0.3) is 0 Å². The van der Waals surface area contributed by atoms with Gasteiger partial charge in [-0.1, -0.05) is 0 Å². The number of benzene rings is 1. The summed E-state index contributed by atoms with van der Waals surface area (Å²) in [6.07, 6.45) is 1.29. The SMILES string of the molecule is COc1cc(CCC(=O)O)c(S(=O)(=O)Nc2cc(C)ccn2)cc1OC. The number of aryl methyl sites for hydroxylation is 2. The Morgan fingerprint density at radius 3 is 2.42 bits per heavy atom. The fourth-order valence-electron chi connectivity index (χ4n) is 2.37. The van der Waals surface area contributed by atoms with Crippen molar-refractivity contribution in [2.45, 2.75) is 24.7 Å². The lowest BCUT2D eigenvalue weighted by Crippen LogP contribution is -2.17. The van der Waals surface area contributed by atoms with Gasteiger partial charge >= 0.3 is 5.97 Å².